The number of carbonyl (C=O) groups excluding carboxylic acids is 1. The second-order valence-electron chi connectivity index (χ2n) is 7.59. The molecule has 6 heteroatoms. The van der Waals surface area contributed by atoms with Crippen LogP contribution in [0.2, 0.25) is 0 Å². The summed E-state index contributed by atoms with van der Waals surface area (Å²) in [6.45, 7) is 4.29. The Hall–Kier alpha value is -2.99. The molecule has 0 N–H and O–H groups in total. The van der Waals surface area contributed by atoms with Crippen LogP contribution in [0.1, 0.15) is 24.3 Å². The molecular weight excluding hydrogens is 381 g/mol. The molecule has 3 aromatic rings. The second kappa shape index (κ2) is 9.67. The molecule has 1 aliphatic heterocycles. The summed E-state index contributed by atoms with van der Waals surface area (Å²) in [4.78, 5) is 21.3. The van der Waals surface area contributed by atoms with Crippen LogP contribution < -0.4 is 0 Å². The number of rotatable bonds is 6. The lowest BCUT2D eigenvalue weighted by molar-refractivity contribution is -0.131. The van der Waals surface area contributed by atoms with Gasteiger partial charge in [0.15, 0.2) is 11.7 Å². The molecule has 5 nitrogen and oxygen atoms in total. The molecule has 0 saturated carbocycles. The van der Waals surface area contributed by atoms with Crippen molar-refractivity contribution >= 4 is 5.91 Å². The number of carbonyl (C=O) groups is 1. The minimum Gasteiger partial charge on any atom is -0.441 e. The van der Waals surface area contributed by atoms with Crippen molar-refractivity contribution in [2.24, 2.45) is 0 Å². The Bertz CT molecular complexity index is 973. The van der Waals surface area contributed by atoms with Gasteiger partial charge in [0.25, 0.3) is 0 Å². The predicted octanol–water partition coefficient (Wildman–Crippen LogP) is 4.15. The molecule has 2 heterocycles. The fourth-order valence-corrected chi connectivity index (χ4v) is 3.80. The smallest absolute Gasteiger partial charge is 0.223 e. The highest BCUT2D eigenvalue weighted by Crippen LogP contribution is 2.23. The van der Waals surface area contributed by atoms with E-state index in [0.717, 1.165) is 39.1 Å². The number of aromatic nitrogens is 1. The van der Waals surface area contributed by atoms with Crippen LogP contribution in [0.15, 0.2) is 65.2 Å². The van der Waals surface area contributed by atoms with Crippen molar-refractivity contribution < 1.29 is 13.6 Å². The molecule has 0 radical (unpaired) electrons. The number of nitrogens with zero attached hydrogens (tertiary/aromatic N) is 3. The molecular formula is C24H26FN3O2. The van der Waals surface area contributed by atoms with Crippen LogP contribution in [-0.4, -0.2) is 46.9 Å². The van der Waals surface area contributed by atoms with E-state index in [1.807, 2.05) is 11.0 Å². The highest BCUT2D eigenvalue weighted by Gasteiger charge is 2.20. The van der Waals surface area contributed by atoms with Gasteiger partial charge in [0, 0.05) is 45.6 Å². The molecule has 2 aromatic carbocycles. The molecule has 0 spiro atoms. The van der Waals surface area contributed by atoms with Crippen molar-refractivity contribution in [3.63, 3.8) is 0 Å². The molecule has 0 atom stereocenters. The van der Waals surface area contributed by atoms with Gasteiger partial charge in [-0.15, -0.1) is 0 Å². The molecule has 0 unspecified atom stereocenters. The van der Waals surface area contributed by atoms with Crippen molar-refractivity contribution in [2.75, 3.05) is 26.2 Å². The van der Waals surface area contributed by atoms with Gasteiger partial charge in [-0.1, -0.05) is 42.5 Å². The summed E-state index contributed by atoms with van der Waals surface area (Å²) < 4.78 is 19.6. The van der Waals surface area contributed by atoms with Gasteiger partial charge < -0.3 is 9.32 Å². The normalized spacial score (nSPS) is 15.2. The third-order valence-electron chi connectivity index (χ3n) is 5.44. The maximum atomic E-state index is 13.9. The Morgan fingerprint density at radius 3 is 2.63 bits per heavy atom. The van der Waals surface area contributed by atoms with Gasteiger partial charge in [-0.25, -0.2) is 9.37 Å². The molecule has 30 heavy (non-hydrogen) atoms. The van der Waals surface area contributed by atoms with Gasteiger partial charge in [0.1, 0.15) is 5.82 Å². The molecule has 1 saturated heterocycles. The highest BCUT2D eigenvalue weighted by molar-refractivity contribution is 5.76. The Balaban J connectivity index is 1.28. The maximum Gasteiger partial charge on any atom is 0.223 e. The van der Waals surface area contributed by atoms with Crippen molar-refractivity contribution in [2.45, 2.75) is 25.8 Å². The van der Waals surface area contributed by atoms with Crippen molar-refractivity contribution in [1.29, 1.82) is 0 Å². The summed E-state index contributed by atoms with van der Waals surface area (Å²) in [7, 11) is 0. The van der Waals surface area contributed by atoms with E-state index in [0.29, 0.717) is 30.1 Å². The molecule has 1 fully saturated rings. The molecule has 1 aliphatic rings. The number of amides is 1. The minimum absolute atomic E-state index is 0.113. The number of hydrogen-bond acceptors (Lipinski definition) is 4. The standard InChI is InChI=1S/C24H26FN3O2/c25-21-10-5-4-9-20(21)22-17-26-23(30-22)11-12-24(29)28-14-6-13-27(15-16-28)18-19-7-2-1-3-8-19/h1-5,7-10,17H,6,11-16,18H2. The first-order valence-electron chi connectivity index (χ1n) is 10.4. The van der Waals surface area contributed by atoms with Gasteiger partial charge >= 0.3 is 0 Å². The summed E-state index contributed by atoms with van der Waals surface area (Å²) >= 11 is 0. The van der Waals surface area contributed by atoms with Gasteiger partial charge in [-0.2, -0.15) is 0 Å². The maximum absolute atomic E-state index is 13.9. The fraction of sp³-hybridized carbons (Fsp3) is 0.333. The number of oxazole rings is 1. The summed E-state index contributed by atoms with van der Waals surface area (Å²) in [5.41, 5.74) is 1.68. The van der Waals surface area contributed by atoms with E-state index in [2.05, 4.69) is 34.1 Å². The predicted molar refractivity (Wildman–Crippen MR) is 113 cm³/mol. The number of halogens is 1. The second-order valence-corrected chi connectivity index (χ2v) is 7.59. The summed E-state index contributed by atoms with van der Waals surface area (Å²) in [6.07, 6.45) is 3.24. The van der Waals surface area contributed by atoms with Crippen LogP contribution in [0.5, 0.6) is 0 Å². The van der Waals surface area contributed by atoms with E-state index >= 15 is 0 Å². The first-order valence-corrected chi connectivity index (χ1v) is 10.4. The van der Waals surface area contributed by atoms with Gasteiger partial charge in [0.05, 0.1) is 11.8 Å². The summed E-state index contributed by atoms with van der Waals surface area (Å²) in [6, 6.07) is 16.9. The SMILES string of the molecule is O=C(CCc1ncc(-c2ccccc2F)o1)N1CCCN(Cc2ccccc2)CC1. The lowest BCUT2D eigenvalue weighted by atomic mass is 10.2. The van der Waals surface area contributed by atoms with Crippen LogP contribution in [0.3, 0.4) is 0 Å². The van der Waals surface area contributed by atoms with Crippen LogP contribution >= 0.6 is 0 Å². The molecule has 0 aliphatic carbocycles. The Labute approximate surface area is 176 Å². The van der Waals surface area contributed by atoms with Crippen molar-refractivity contribution in [1.82, 2.24) is 14.8 Å². The Kier molecular flexibility index (Phi) is 6.54. The number of benzene rings is 2. The minimum atomic E-state index is -0.346. The van der Waals surface area contributed by atoms with Crippen molar-refractivity contribution in [3.8, 4) is 11.3 Å². The zero-order valence-electron chi connectivity index (χ0n) is 17.0. The summed E-state index contributed by atoms with van der Waals surface area (Å²) in [5.74, 6) is 0.618. The van der Waals surface area contributed by atoms with E-state index in [-0.39, 0.29) is 11.7 Å². The number of aryl methyl sites for hydroxylation is 1. The molecule has 0 bridgehead atoms. The molecule has 4 rings (SSSR count). The quantitative estimate of drug-likeness (QED) is 0.616. The molecule has 1 aromatic heterocycles. The Morgan fingerprint density at radius 2 is 1.80 bits per heavy atom. The number of hydrogen-bond donors (Lipinski definition) is 0. The lowest BCUT2D eigenvalue weighted by Crippen LogP contribution is -2.35. The average molecular weight is 407 g/mol. The van der Waals surface area contributed by atoms with E-state index in [4.69, 9.17) is 4.42 Å². The first-order chi connectivity index (χ1) is 14.7. The molecule has 156 valence electrons. The monoisotopic (exact) mass is 407 g/mol. The Morgan fingerprint density at radius 1 is 1.00 bits per heavy atom. The van der Waals surface area contributed by atoms with E-state index < -0.39 is 0 Å². The van der Waals surface area contributed by atoms with E-state index in [1.165, 1.54) is 17.8 Å². The lowest BCUT2D eigenvalue weighted by Gasteiger charge is -2.22. The van der Waals surface area contributed by atoms with E-state index in [1.54, 1.807) is 18.2 Å². The zero-order valence-corrected chi connectivity index (χ0v) is 17.0. The fourth-order valence-electron chi connectivity index (χ4n) is 3.80. The highest BCUT2D eigenvalue weighted by atomic mass is 19.1. The first kappa shape index (κ1) is 20.3. The van der Waals surface area contributed by atoms with Crippen LogP contribution in [0.4, 0.5) is 4.39 Å². The van der Waals surface area contributed by atoms with E-state index in [9.17, 15) is 9.18 Å². The van der Waals surface area contributed by atoms with Gasteiger partial charge in [-0.05, 0) is 24.1 Å². The summed E-state index contributed by atoms with van der Waals surface area (Å²) in [5, 5.41) is 0. The van der Waals surface area contributed by atoms with Crippen LogP contribution in [-0.2, 0) is 17.8 Å². The van der Waals surface area contributed by atoms with Crippen LogP contribution in [0.25, 0.3) is 11.3 Å². The topological polar surface area (TPSA) is 49.6 Å². The van der Waals surface area contributed by atoms with Gasteiger partial charge in [0.2, 0.25) is 5.91 Å². The largest absolute Gasteiger partial charge is 0.441 e. The van der Waals surface area contributed by atoms with Crippen molar-refractivity contribution in [3.05, 3.63) is 78.1 Å². The molecule has 1 amide bonds. The average Bonchev–Trinajstić information content (AvgIpc) is 3.11. The van der Waals surface area contributed by atoms with Crippen LogP contribution in [0, 0.1) is 5.82 Å². The zero-order chi connectivity index (χ0) is 20.8. The van der Waals surface area contributed by atoms with Gasteiger partial charge in [-0.3, -0.25) is 9.69 Å². The third-order valence-corrected chi connectivity index (χ3v) is 5.44. The third kappa shape index (κ3) is 5.13.